The van der Waals surface area contributed by atoms with Crippen molar-refractivity contribution in [1.29, 1.82) is 0 Å². The second-order valence-electron chi connectivity index (χ2n) is 3.75. The van der Waals surface area contributed by atoms with Gasteiger partial charge in [-0.15, -0.1) is 0 Å². The number of pyridine rings is 1. The highest BCUT2D eigenvalue weighted by Gasteiger charge is 2.16. The summed E-state index contributed by atoms with van der Waals surface area (Å²) in [6.07, 6.45) is 2.67. The number of nitrogens with one attached hydrogen (secondary N) is 1. The van der Waals surface area contributed by atoms with Gasteiger partial charge in [-0.3, -0.25) is 9.59 Å². The van der Waals surface area contributed by atoms with Gasteiger partial charge in [-0.1, -0.05) is 13.0 Å². The summed E-state index contributed by atoms with van der Waals surface area (Å²) in [5.74, 6) is -1.02. The van der Waals surface area contributed by atoms with E-state index in [-0.39, 0.29) is 12.3 Å². The molecule has 0 aromatic carbocycles. The standard InChI is InChI=1S/C12H16N2O3/c1-2-9(12(16)17)6-7-11(15)14-10-5-3-4-8-13-10/h3-5,8-9H,2,6-7H2,1H3,(H,16,17)(H,13,14,15)/t9-/m0/s1. The van der Waals surface area contributed by atoms with Gasteiger partial charge < -0.3 is 10.4 Å². The number of carbonyl (C=O) groups excluding carboxylic acids is 1. The summed E-state index contributed by atoms with van der Waals surface area (Å²) in [5.41, 5.74) is 0. The zero-order chi connectivity index (χ0) is 12.7. The first-order chi connectivity index (χ1) is 8.13. The van der Waals surface area contributed by atoms with E-state index in [0.29, 0.717) is 18.7 Å². The molecule has 5 heteroatoms. The second-order valence-corrected chi connectivity index (χ2v) is 3.75. The summed E-state index contributed by atoms with van der Waals surface area (Å²) < 4.78 is 0. The van der Waals surface area contributed by atoms with Crippen LogP contribution in [0.25, 0.3) is 0 Å². The number of carboxylic acids is 1. The number of nitrogens with zero attached hydrogens (tertiary/aromatic N) is 1. The van der Waals surface area contributed by atoms with Crippen LogP contribution in [0.1, 0.15) is 26.2 Å². The molecule has 0 aliphatic heterocycles. The number of hydrogen-bond donors (Lipinski definition) is 2. The Morgan fingerprint density at radius 1 is 1.47 bits per heavy atom. The number of carbonyl (C=O) groups is 2. The summed E-state index contributed by atoms with van der Waals surface area (Å²) in [7, 11) is 0. The van der Waals surface area contributed by atoms with Gasteiger partial charge in [-0.2, -0.15) is 0 Å². The predicted octanol–water partition coefficient (Wildman–Crippen LogP) is 1.91. The quantitative estimate of drug-likeness (QED) is 0.790. The lowest BCUT2D eigenvalue weighted by Crippen LogP contribution is -2.18. The van der Waals surface area contributed by atoms with Crippen LogP contribution in [0.5, 0.6) is 0 Å². The highest BCUT2D eigenvalue weighted by molar-refractivity contribution is 5.89. The third kappa shape index (κ3) is 4.63. The highest BCUT2D eigenvalue weighted by Crippen LogP contribution is 2.12. The van der Waals surface area contributed by atoms with Crippen LogP contribution >= 0.6 is 0 Å². The summed E-state index contributed by atoms with van der Waals surface area (Å²) in [4.78, 5) is 26.2. The molecule has 17 heavy (non-hydrogen) atoms. The van der Waals surface area contributed by atoms with Crippen LogP contribution in [-0.2, 0) is 9.59 Å². The molecule has 0 saturated carbocycles. The molecule has 1 heterocycles. The van der Waals surface area contributed by atoms with Crippen molar-refractivity contribution in [3.63, 3.8) is 0 Å². The average molecular weight is 236 g/mol. The number of carboxylic acid groups (broad SMARTS) is 1. The molecule has 0 aliphatic carbocycles. The summed E-state index contributed by atoms with van der Waals surface area (Å²) in [6.45, 7) is 1.80. The first kappa shape index (κ1) is 13.2. The maximum atomic E-state index is 11.5. The van der Waals surface area contributed by atoms with Crippen molar-refractivity contribution < 1.29 is 14.7 Å². The minimum absolute atomic E-state index is 0.196. The van der Waals surface area contributed by atoms with Crippen LogP contribution in [0.2, 0.25) is 0 Å². The van der Waals surface area contributed by atoms with Gasteiger partial charge in [-0.05, 0) is 25.0 Å². The number of aliphatic carboxylic acids is 1. The second kappa shape index (κ2) is 6.62. The lowest BCUT2D eigenvalue weighted by molar-refractivity contribution is -0.142. The molecule has 2 N–H and O–H groups in total. The Balaban J connectivity index is 2.38. The molecule has 0 bridgehead atoms. The van der Waals surface area contributed by atoms with E-state index in [2.05, 4.69) is 10.3 Å². The van der Waals surface area contributed by atoms with E-state index in [1.807, 2.05) is 0 Å². The van der Waals surface area contributed by atoms with E-state index in [1.165, 1.54) is 0 Å². The van der Waals surface area contributed by atoms with Gasteiger partial charge in [0, 0.05) is 12.6 Å². The number of hydrogen-bond acceptors (Lipinski definition) is 3. The molecule has 0 fully saturated rings. The molecule has 0 unspecified atom stereocenters. The Bertz CT molecular complexity index is 379. The Labute approximate surface area is 99.9 Å². The minimum Gasteiger partial charge on any atom is -0.481 e. The van der Waals surface area contributed by atoms with Crippen molar-refractivity contribution in [2.75, 3.05) is 5.32 Å². The van der Waals surface area contributed by atoms with Crippen molar-refractivity contribution in [1.82, 2.24) is 4.98 Å². The van der Waals surface area contributed by atoms with Crippen molar-refractivity contribution in [2.45, 2.75) is 26.2 Å². The van der Waals surface area contributed by atoms with Gasteiger partial charge in [0.15, 0.2) is 0 Å². The Hall–Kier alpha value is -1.91. The molecular formula is C12H16N2O3. The summed E-state index contributed by atoms with van der Waals surface area (Å²) in [5, 5.41) is 11.4. The largest absolute Gasteiger partial charge is 0.481 e. The normalized spacial score (nSPS) is 11.8. The maximum Gasteiger partial charge on any atom is 0.306 e. The molecule has 1 atom stereocenters. The van der Waals surface area contributed by atoms with E-state index in [4.69, 9.17) is 5.11 Å². The third-order valence-corrected chi connectivity index (χ3v) is 2.49. The zero-order valence-corrected chi connectivity index (χ0v) is 9.72. The Morgan fingerprint density at radius 3 is 2.76 bits per heavy atom. The molecule has 92 valence electrons. The lowest BCUT2D eigenvalue weighted by atomic mass is 10.0. The van der Waals surface area contributed by atoms with Crippen LogP contribution in [0.3, 0.4) is 0 Å². The first-order valence-corrected chi connectivity index (χ1v) is 5.57. The topological polar surface area (TPSA) is 79.3 Å². The van der Waals surface area contributed by atoms with Crippen molar-refractivity contribution in [3.05, 3.63) is 24.4 Å². The fourth-order valence-electron chi connectivity index (χ4n) is 1.45. The molecule has 5 nitrogen and oxygen atoms in total. The maximum absolute atomic E-state index is 11.5. The fraction of sp³-hybridized carbons (Fsp3) is 0.417. The van der Waals surface area contributed by atoms with E-state index < -0.39 is 11.9 Å². The van der Waals surface area contributed by atoms with E-state index in [1.54, 1.807) is 31.3 Å². The fourth-order valence-corrected chi connectivity index (χ4v) is 1.45. The SMILES string of the molecule is CC[C@@H](CCC(=O)Nc1ccccn1)C(=O)O. The highest BCUT2D eigenvalue weighted by atomic mass is 16.4. The molecule has 0 saturated heterocycles. The van der Waals surface area contributed by atoms with Crippen molar-refractivity contribution in [3.8, 4) is 0 Å². The summed E-state index contributed by atoms with van der Waals surface area (Å²) in [6, 6.07) is 5.22. The molecule has 0 spiro atoms. The van der Waals surface area contributed by atoms with Crippen LogP contribution in [-0.4, -0.2) is 22.0 Å². The first-order valence-electron chi connectivity index (χ1n) is 5.57. The molecule has 1 rings (SSSR count). The minimum atomic E-state index is -0.849. The summed E-state index contributed by atoms with van der Waals surface area (Å²) >= 11 is 0. The van der Waals surface area contributed by atoms with Gasteiger partial charge in [0.2, 0.25) is 5.91 Å². The van der Waals surface area contributed by atoms with Crippen molar-refractivity contribution >= 4 is 17.7 Å². The lowest BCUT2D eigenvalue weighted by Gasteiger charge is -2.09. The number of amides is 1. The number of aromatic nitrogens is 1. The Kier molecular flexibility index (Phi) is 5.13. The molecule has 1 aromatic heterocycles. The van der Waals surface area contributed by atoms with Crippen LogP contribution in [0.15, 0.2) is 24.4 Å². The molecule has 1 amide bonds. The van der Waals surface area contributed by atoms with E-state index >= 15 is 0 Å². The van der Waals surface area contributed by atoms with Crippen molar-refractivity contribution in [2.24, 2.45) is 5.92 Å². The van der Waals surface area contributed by atoms with E-state index in [9.17, 15) is 9.59 Å². The van der Waals surface area contributed by atoms with Gasteiger partial charge in [0.25, 0.3) is 0 Å². The van der Waals surface area contributed by atoms with Crippen LogP contribution in [0.4, 0.5) is 5.82 Å². The predicted molar refractivity (Wildman–Crippen MR) is 63.5 cm³/mol. The molecular weight excluding hydrogens is 220 g/mol. The Morgan fingerprint density at radius 2 is 2.24 bits per heavy atom. The smallest absolute Gasteiger partial charge is 0.306 e. The monoisotopic (exact) mass is 236 g/mol. The number of rotatable bonds is 6. The van der Waals surface area contributed by atoms with Gasteiger partial charge in [0.05, 0.1) is 5.92 Å². The molecule has 1 aromatic rings. The van der Waals surface area contributed by atoms with Crippen LogP contribution in [0, 0.1) is 5.92 Å². The van der Waals surface area contributed by atoms with Crippen LogP contribution < -0.4 is 5.32 Å². The van der Waals surface area contributed by atoms with E-state index in [0.717, 1.165) is 0 Å². The zero-order valence-electron chi connectivity index (χ0n) is 9.72. The average Bonchev–Trinajstić information content (AvgIpc) is 2.30. The third-order valence-electron chi connectivity index (χ3n) is 2.49. The molecule has 0 radical (unpaired) electrons. The molecule has 0 aliphatic rings. The number of anilines is 1. The van der Waals surface area contributed by atoms with Gasteiger partial charge in [-0.25, -0.2) is 4.98 Å². The van der Waals surface area contributed by atoms with Gasteiger partial charge in [0.1, 0.15) is 5.82 Å². The van der Waals surface area contributed by atoms with Gasteiger partial charge >= 0.3 is 5.97 Å².